The first-order valence-corrected chi connectivity index (χ1v) is 15.1. The second kappa shape index (κ2) is 10.6. The predicted molar refractivity (Wildman–Crippen MR) is 182 cm³/mol. The van der Waals surface area contributed by atoms with Gasteiger partial charge in [0.1, 0.15) is 16.7 Å². The van der Waals surface area contributed by atoms with E-state index in [1.165, 1.54) is 0 Å². The van der Waals surface area contributed by atoms with E-state index in [0.717, 1.165) is 66.4 Å². The normalized spacial score (nSPS) is 11.5. The van der Waals surface area contributed by atoms with Crippen molar-refractivity contribution in [3.05, 3.63) is 146 Å². The standard InChI is InChI=1S/C40H24N4O2/c1-4-12-25(13-5-1)37-42-38(26-14-6-2-7-15-26)44-39(43-37)30-19-11-21-34-35(30)31-24-28(22-23-33(31)45-34)29-18-10-20-32-36(29)46-40(41-32)27-16-8-3-9-17-27/h1-24H. The molecule has 0 aliphatic heterocycles. The van der Waals surface area contributed by atoms with Crippen molar-refractivity contribution in [1.82, 2.24) is 19.9 Å². The Hall–Kier alpha value is -6.40. The summed E-state index contributed by atoms with van der Waals surface area (Å²) in [5, 5.41) is 1.91. The van der Waals surface area contributed by atoms with Crippen molar-refractivity contribution < 1.29 is 8.83 Å². The molecule has 216 valence electrons. The van der Waals surface area contributed by atoms with E-state index in [1.54, 1.807) is 0 Å². The van der Waals surface area contributed by atoms with Crippen LogP contribution in [0, 0.1) is 0 Å². The van der Waals surface area contributed by atoms with Crippen LogP contribution < -0.4 is 0 Å². The molecule has 0 aliphatic carbocycles. The van der Waals surface area contributed by atoms with Gasteiger partial charge in [0.2, 0.25) is 5.89 Å². The third kappa shape index (κ3) is 4.43. The maximum Gasteiger partial charge on any atom is 0.227 e. The van der Waals surface area contributed by atoms with Crippen molar-refractivity contribution >= 4 is 33.0 Å². The molecule has 0 atom stereocenters. The molecule has 0 spiro atoms. The molecule has 6 aromatic carbocycles. The zero-order chi connectivity index (χ0) is 30.5. The molecule has 0 saturated carbocycles. The first-order valence-electron chi connectivity index (χ1n) is 15.1. The van der Waals surface area contributed by atoms with Gasteiger partial charge in [0.05, 0.1) is 0 Å². The molecule has 0 fully saturated rings. The van der Waals surface area contributed by atoms with Crippen LogP contribution in [0.25, 0.3) is 89.8 Å². The molecule has 0 N–H and O–H groups in total. The van der Waals surface area contributed by atoms with Crippen molar-refractivity contribution in [3.8, 4) is 56.7 Å². The van der Waals surface area contributed by atoms with E-state index in [0.29, 0.717) is 23.4 Å². The topological polar surface area (TPSA) is 77.8 Å². The highest BCUT2D eigenvalue weighted by atomic mass is 16.3. The lowest BCUT2D eigenvalue weighted by atomic mass is 10.00. The Bertz CT molecular complexity index is 2460. The van der Waals surface area contributed by atoms with Gasteiger partial charge < -0.3 is 8.83 Å². The van der Waals surface area contributed by atoms with Gasteiger partial charge in [0.25, 0.3) is 0 Å². The van der Waals surface area contributed by atoms with Crippen molar-refractivity contribution in [1.29, 1.82) is 0 Å². The average molecular weight is 593 g/mol. The summed E-state index contributed by atoms with van der Waals surface area (Å²) in [6.07, 6.45) is 0. The number of hydrogen-bond acceptors (Lipinski definition) is 6. The van der Waals surface area contributed by atoms with E-state index in [4.69, 9.17) is 28.8 Å². The summed E-state index contributed by atoms with van der Waals surface area (Å²) in [6.45, 7) is 0. The van der Waals surface area contributed by atoms with Gasteiger partial charge >= 0.3 is 0 Å². The Morgan fingerprint density at radius 2 is 1.00 bits per heavy atom. The van der Waals surface area contributed by atoms with Crippen LogP contribution in [-0.4, -0.2) is 19.9 Å². The molecule has 3 aromatic heterocycles. The van der Waals surface area contributed by atoms with Crippen molar-refractivity contribution in [2.45, 2.75) is 0 Å². The molecule has 0 saturated heterocycles. The molecule has 6 nitrogen and oxygen atoms in total. The highest BCUT2D eigenvalue weighted by molar-refractivity contribution is 6.13. The lowest BCUT2D eigenvalue weighted by molar-refractivity contribution is 0.621. The molecular formula is C40H24N4O2. The molecule has 0 amide bonds. The van der Waals surface area contributed by atoms with E-state index < -0.39 is 0 Å². The number of para-hydroxylation sites is 1. The SMILES string of the molecule is c1ccc(-c2nc(-c3ccccc3)nc(-c3cccc4oc5ccc(-c6cccc7nc(-c8ccccc8)oc67)cc5c34)n2)cc1. The van der Waals surface area contributed by atoms with Gasteiger partial charge in [0, 0.05) is 38.6 Å². The first-order chi connectivity index (χ1) is 22.8. The molecule has 6 heteroatoms. The van der Waals surface area contributed by atoms with Crippen LogP contribution in [0.5, 0.6) is 0 Å². The minimum absolute atomic E-state index is 0.580. The number of furan rings is 1. The van der Waals surface area contributed by atoms with Gasteiger partial charge in [0.15, 0.2) is 23.1 Å². The minimum Gasteiger partial charge on any atom is -0.456 e. The Labute approximate surface area is 263 Å². The van der Waals surface area contributed by atoms with Gasteiger partial charge in [-0.2, -0.15) is 0 Å². The molecule has 9 aromatic rings. The number of oxazole rings is 1. The second-order valence-corrected chi connectivity index (χ2v) is 11.1. The molecule has 0 aliphatic rings. The summed E-state index contributed by atoms with van der Waals surface area (Å²) in [7, 11) is 0. The highest BCUT2D eigenvalue weighted by Gasteiger charge is 2.19. The van der Waals surface area contributed by atoms with Gasteiger partial charge in [-0.15, -0.1) is 0 Å². The highest BCUT2D eigenvalue weighted by Crippen LogP contribution is 2.40. The van der Waals surface area contributed by atoms with Crippen LogP contribution in [-0.2, 0) is 0 Å². The smallest absolute Gasteiger partial charge is 0.227 e. The quantitative estimate of drug-likeness (QED) is 0.198. The Kier molecular flexibility index (Phi) is 6.03. The number of benzene rings is 6. The monoisotopic (exact) mass is 592 g/mol. The molecule has 0 bridgehead atoms. The minimum atomic E-state index is 0.580. The zero-order valence-electron chi connectivity index (χ0n) is 24.5. The van der Waals surface area contributed by atoms with E-state index in [2.05, 4.69) is 18.2 Å². The maximum atomic E-state index is 6.38. The van der Waals surface area contributed by atoms with Gasteiger partial charge in [-0.3, -0.25) is 0 Å². The van der Waals surface area contributed by atoms with Crippen LogP contribution >= 0.6 is 0 Å². The Morgan fingerprint density at radius 3 is 1.70 bits per heavy atom. The van der Waals surface area contributed by atoms with Crippen molar-refractivity contribution in [2.24, 2.45) is 0 Å². The van der Waals surface area contributed by atoms with E-state index >= 15 is 0 Å². The molecule has 0 unspecified atom stereocenters. The maximum absolute atomic E-state index is 6.38. The fraction of sp³-hybridized carbons (Fsp3) is 0. The van der Waals surface area contributed by atoms with Crippen LogP contribution in [0.1, 0.15) is 0 Å². The van der Waals surface area contributed by atoms with Crippen LogP contribution in [0.4, 0.5) is 0 Å². The molecule has 3 heterocycles. The van der Waals surface area contributed by atoms with E-state index in [-0.39, 0.29) is 0 Å². The molecule has 9 rings (SSSR count). The summed E-state index contributed by atoms with van der Waals surface area (Å²) < 4.78 is 12.7. The van der Waals surface area contributed by atoms with Crippen LogP contribution in [0.3, 0.4) is 0 Å². The summed E-state index contributed by atoms with van der Waals surface area (Å²) in [5.74, 6) is 2.40. The number of nitrogens with zero attached hydrogens (tertiary/aromatic N) is 4. The first kappa shape index (κ1) is 26.0. The molecular weight excluding hydrogens is 568 g/mol. The predicted octanol–water partition coefficient (Wildman–Crippen LogP) is 10.2. The fourth-order valence-corrected chi connectivity index (χ4v) is 5.99. The van der Waals surface area contributed by atoms with Crippen LogP contribution in [0.2, 0.25) is 0 Å². The second-order valence-electron chi connectivity index (χ2n) is 11.1. The van der Waals surface area contributed by atoms with Crippen molar-refractivity contribution in [2.75, 3.05) is 0 Å². The molecule has 0 radical (unpaired) electrons. The third-order valence-electron chi connectivity index (χ3n) is 8.18. The lowest BCUT2D eigenvalue weighted by Gasteiger charge is -2.09. The third-order valence-corrected chi connectivity index (χ3v) is 8.18. The average Bonchev–Trinajstić information content (AvgIpc) is 3.74. The summed E-state index contributed by atoms with van der Waals surface area (Å²) in [6, 6.07) is 48.3. The largest absolute Gasteiger partial charge is 0.456 e. The van der Waals surface area contributed by atoms with Gasteiger partial charge in [-0.25, -0.2) is 19.9 Å². The summed E-state index contributed by atoms with van der Waals surface area (Å²) >= 11 is 0. The molecule has 46 heavy (non-hydrogen) atoms. The van der Waals surface area contributed by atoms with Crippen LogP contribution in [0.15, 0.2) is 154 Å². The Morgan fingerprint density at radius 1 is 0.391 bits per heavy atom. The number of fused-ring (bicyclic) bond motifs is 4. The number of hydrogen-bond donors (Lipinski definition) is 0. The van der Waals surface area contributed by atoms with Gasteiger partial charge in [-0.1, -0.05) is 109 Å². The number of rotatable bonds is 5. The van der Waals surface area contributed by atoms with Crippen molar-refractivity contribution in [3.63, 3.8) is 0 Å². The van der Waals surface area contributed by atoms with E-state index in [9.17, 15) is 0 Å². The fourth-order valence-electron chi connectivity index (χ4n) is 5.99. The van der Waals surface area contributed by atoms with Gasteiger partial charge in [-0.05, 0) is 42.0 Å². The number of aromatic nitrogens is 4. The summed E-state index contributed by atoms with van der Waals surface area (Å²) in [5.41, 5.74) is 8.69. The lowest BCUT2D eigenvalue weighted by Crippen LogP contribution is -2.00. The zero-order valence-corrected chi connectivity index (χ0v) is 24.5. The Balaban J connectivity index is 1.24. The van der Waals surface area contributed by atoms with E-state index in [1.807, 2.05) is 127 Å². The summed E-state index contributed by atoms with van der Waals surface area (Å²) in [4.78, 5) is 19.7.